The monoisotopic (exact) mass is 273 g/mol. The Balaban J connectivity index is 2.61. The van der Waals surface area contributed by atoms with Crippen molar-refractivity contribution in [3.8, 4) is 0 Å². The van der Waals surface area contributed by atoms with E-state index < -0.39 is 5.97 Å². The molecule has 0 N–H and O–H groups in total. The minimum Gasteiger partial charge on any atom is -0.545 e. The number of fused-ring (bicyclic) bond motifs is 2. The maximum Gasteiger partial charge on any atom is 0.266 e. The van der Waals surface area contributed by atoms with E-state index in [-0.39, 0.29) is 16.8 Å². The largest absolute Gasteiger partial charge is 0.545 e. The van der Waals surface area contributed by atoms with Gasteiger partial charge in [-0.05, 0) is 31.5 Å². The Labute approximate surface area is 111 Å². The van der Waals surface area contributed by atoms with Crippen LogP contribution in [-0.2, 0) is 0 Å². The number of aromatic nitrogens is 2. The van der Waals surface area contributed by atoms with Crippen LogP contribution in [0, 0.1) is 13.8 Å². The number of hydrogen-bond acceptors (Lipinski definition) is 5. The predicted molar refractivity (Wildman–Crippen MR) is 70.6 cm³/mol. The number of hydrogen-bond donors (Lipinski definition) is 0. The van der Waals surface area contributed by atoms with Crippen LogP contribution in [0.5, 0.6) is 0 Å². The molecule has 0 spiro atoms. The fourth-order valence-corrected chi connectivity index (χ4v) is 3.11. The molecule has 0 radical (unpaired) electrons. The summed E-state index contributed by atoms with van der Waals surface area (Å²) in [5, 5.41) is 11.6. The molecular weight excluding hydrogens is 264 g/mol. The zero-order valence-corrected chi connectivity index (χ0v) is 11.1. The van der Waals surface area contributed by atoms with E-state index in [1.807, 2.05) is 13.8 Å². The molecule has 0 saturated heterocycles. The molecule has 3 aromatic rings. The van der Waals surface area contributed by atoms with Crippen molar-refractivity contribution in [2.24, 2.45) is 0 Å². The van der Waals surface area contributed by atoms with Gasteiger partial charge in [0.05, 0.1) is 11.4 Å². The number of carbonyl (C=O) groups is 1. The third-order valence-electron chi connectivity index (χ3n) is 3.19. The van der Waals surface area contributed by atoms with Gasteiger partial charge in [0.25, 0.3) is 5.56 Å². The second kappa shape index (κ2) is 3.89. The SMILES string of the molecule is Cc1sc2nc3c(C(=O)[O-])cccn3c(=O)c2c1C. The van der Waals surface area contributed by atoms with Crippen molar-refractivity contribution in [3.63, 3.8) is 0 Å². The lowest BCUT2D eigenvalue weighted by Gasteiger charge is -2.07. The van der Waals surface area contributed by atoms with E-state index in [0.29, 0.717) is 10.2 Å². The van der Waals surface area contributed by atoms with Gasteiger partial charge in [0.1, 0.15) is 10.5 Å². The molecule has 0 saturated carbocycles. The van der Waals surface area contributed by atoms with Crippen LogP contribution < -0.4 is 10.7 Å². The van der Waals surface area contributed by atoms with Crippen LogP contribution in [0.2, 0.25) is 0 Å². The highest BCUT2D eigenvalue weighted by Gasteiger charge is 2.14. The Bertz CT molecular complexity index is 892. The average Bonchev–Trinajstić information content (AvgIpc) is 2.64. The molecule has 0 fully saturated rings. The molecule has 0 amide bonds. The van der Waals surface area contributed by atoms with E-state index in [1.54, 1.807) is 0 Å². The van der Waals surface area contributed by atoms with Crippen LogP contribution in [0.15, 0.2) is 23.1 Å². The number of aromatic carboxylic acids is 1. The fraction of sp³-hybridized carbons (Fsp3) is 0.154. The third kappa shape index (κ3) is 1.57. The van der Waals surface area contributed by atoms with Gasteiger partial charge in [-0.1, -0.05) is 0 Å². The predicted octanol–water partition coefficient (Wildman–Crippen LogP) is 0.890. The molecule has 5 nitrogen and oxygen atoms in total. The second-order valence-electron chi connectivity index (χ2n) is 4.28. The first kappa shape index (κ1) is 11.9. The topological polar surface area (TPSA) is 74.5 Å². The molecule has 0 atom stereocenters. The first-order valence-corrected chi connectivity index (χ1v) is 6.45. The Morgan fingerprint density at radius 2 is 2.16 bits per heavy atom. The van der Waals surface area contributed by atoms with Crippen molar-refractivity contribution < 1.29 is 9.90 Å². The first-order chi connectivity index (χ1) is 9.00. The number of carboxylic acids is 1. The van der Waals surface area contributed by atoms with E-state index in [0.717, 1.165) is 10.4 Å². The number of rotatable bonds is 1. The number of thiophene rings is 1. The maximum atomic E-state index is 12.4. The number of carboxylic acid groups (broad SMARTS) is 1. The highest BCUT2D eigenvalue weighted by Crippen LogP contribution is 2.26. The summed E-state index contributed by atoms with van der Waals surface area (Å²) in [6.07, 6.45) is 1.52. The van der Waals surface area contributed by atoms with E-state index in [2.05, 4.69) is 4.98 Å². The van der Waals surface area contributed by atoms with E-state index in [1.165, 1.54) is 34.1 Å². The van der Waals surface area contributed by atoms with Gasteiger partial charge in [-0.15, -0.1) is 11.3 Å². The molecule has 3 heterocycles. The molecule has 0 bridgehead atoms. The van der Waals surface area contributed by atoms with E-state index >= 15 is 0 Å². The van der Waals surface area contributed by atoms with E-state index in [4.69, 9.17) is 0 Å². The van der Waals surface area contributed by atoms with Crippen molar-refractivity contribution in [1.29, 1.82) is 0 Å². The summed E-state index contributed by atoms with van der Waals surface area (Å²) >= 11 is 1.39. The van der Waals surface area contributed by atoms with Gasteiger partial charge in [0, 0.05) is 16.6 Å². The Kier molecular flexibility index (Phi) is 2.43. The lowest BCUT2D eigenvalue weighted by molar-refractivity contribution is -0.254. The highest BCUT2D eigenvalue weighted by molar-refractivity contribution is 7.18. The second-order valence-corrected chi connectivity index (χ2v) is 5.49. The zero-order valence-electron chi connectivity index (χ0n) is 10.3. The van der Waals surface area contributed by atoms with Gasteiger partial charge in [-0.25, -0.2) is 4.98 Å². The molecule has 96 valence electrons. The Hall–Kier alpha value is -2.21. The number of aryl methyl sites for hydroxylation is 2. The molecule has 19 heavy (non-hydrogen) atoms. The summed E-state index contributed by atoms with van der Waals surface area (Å²) < 4.78 is 1.26. The fourth-order valence-electron chi connectivity index (χ4n) is 2.09. The maximum absolute atomic E-state index is 12.4. The summed E-state index contributed by atoms with van der Waals surface area (Å²) in [6.45, 7) is 3.78. The highest BCUT2D eigenvalue weighted by atomic mass is 32.1. The van der Waals surface area contributed by atoms with Crippen LogP contribution >= 0.6 is 11.3 Å². The van der Waals surface area contributed by atoms with Crippen molar-refractivity contribution in [2.45, 2.75) is 13.8 Å². The van der Waals surface area contributed by atoms with Gasteiger partial charge in [-0.3, -0.25) is 9.20 Å². The Morgan fingerprint density at radius 3 is 2.84 bits per heavy atom. The van der Waals surface area contributed by atoms with Gasteiger partial charge >= 0.3 is 0 Å². The minimum atomic E-state index is -1.34. The summed E-state index contributed by atoms with van der Waals surface area (Å²) in [7, 11) is 0. The average molecular weight is 273 g/mol. The van der Waals surface area contributed by atoms with Gasteiger partial charge in [-0.2, -0.15) is 0 Å². The molecule has 0 aliphatic heterocycles. The number of pyridine rings is 1. The van der Waals surface area contributed by atoms with Gasteiger partial charge < -0.3 is 9.90 Å². The van der Waals surface area contributed by atoms with Crippen LogP contribution in [0.1, 0.15) is 20.8 Å². The Morgan fingerprint density at radius 1 is 1.42 bits per heavy atom. The summed E-state index contributed by atoms with van der Waals surface area (Å²) in [6, 6.07) is 2.89. The summed E-state index contributed by atoms with van der Waals surface area (Å²) in [4.78, 5) is 29.4. The molecule has 3 aromatic heterocycles. The third-order valence-corrected chi connectivity index (χ3v) is 4.30. The number of carbonyl (C=O) groups excluding carboxylic acids is 1. The normalized spacial score (nSPS) is 11.3. The van der Waals surface area contributed by atoms with Crippen LogP contribution in [0.3, 0.4) is 0 Å². The summed E-state index contributed by atoms with van der Waals surface area (Å²) in [5.41, 5.74) is 0.696. The summed E-state index contributed by atoms with van der Waals surface area (Å²) in [5.74, 6) is -1.34. The minimum absolute atomic E-state index is 0.0785. The van der Waals surface area contributed by atoms with Crippen molar-refractivity contribution in [2.75, 3.05) is 0 Å². The molecular formula is C13H9N2O3S-. The van der Waals surface area contributed by atoms with Crippen molar-refractivity contribution in [1.82, 2.24) is 9.38 Å². The lowest BCUT2D eigenvalue weighted by Crippen LogP contribution is -2.25. The molecule has 3 rings (SSSR count). The molecule has 0 unspecified atom stereocenters. The van der Waals surface area contributed by atoms with Crippen LogP contribution in [0.25, 0.3) is 15.9 Å². The lowest BCUT2D eigenvalue weighted by atomic mass is 10.2. The molecule has 0 aliphatic carbocycles. The molecule has 0 aliphatic rings. The first-order valence-electron chi connectivity index (χ1n) is 5.63. The van der Waals surface area contributed by atoms with Gasteiger partial charge in [0.2, 0.25) is 0 Å². The van der Waals surface area contributed by atoms with Crippen LogP contribution in [0.4, 0.5) is 0 Å². The van der Waals surface area contributed by atoms with E-state index in [9.17, 15) is 14.7 Å². The van der Waals surface area contributed by atoms with Crippen molar-refractivity contribution >= 4 is 33.2 Å². The number of nitrogens with zero attached hydrogens (tertiary/aromatic N) is 2. The van der Waals surface area contributed by atoms with Crippen molar-refractivity contribution in [3.05, 3.63) is 44.7 Å². The molecule has 0 aromatic carbocycles. The van der Waals surface area contributed by atoms with Crippen LogP contribution in [-0.4, -0.2) is 15.4 Å². The zero-order chi connectivity index (χ0) is 13.7. The smallest absolute Gasteiger partial charge is 0.266 e. The quantitative estimate of drug-likeness (QED) is 0.660. The van der Waals surface area contributed by atoms with Gasteiger partial charge in [0.15, 0.2) is 0 Å². The standard InChI is InChI=1S/C13H10N2O3S/c1-6-7(2)19-11-9(6)12(16)15-5-3-4-8(13(17)18)10(15)14-11/h3-5H,1-2H3,(H,17,18)/p-1. The molecule has 6 heteroatoms.